The van der Waals surface area contributed by atoms with Crippen LogP contribution in [-0.2, 0) is 4.79 Å². The number of aryl methyl sites for hydroxylation is 2. The van der Waals surface area contributed by atoms with E-state index in [9.17, 15) is 4.79 Å². The first kappa shape index (κ1) is 14.3. The van der Waals surface area contributed by atoms with E-state index < -0.39 is 0 Å². The Labute approximate surface area is 122 Å². The standard InChI is InChI=1S/C15H16N2O2S/c1-11-5-6-13(8-12(11)2)19-10-15(18)17-16-9-14-4-3-7-20-14/h3-9H,10H2,1-2H3,(H,17,18)/b16-9+. The second-order valence-corrected chi connectivity index (χ2v) is 5.32. The fraction of sp³-hybridized carbons (Fsp3) is 0.200. The molecule has 0 aliphatic carbocycles. The Balaban J connectivity index is 1.78. The average molecular weight is 288 g/mol. The highest BCUT2D eigenvalue weighted by Crippen LogP contribution is 2.16. The van der Waals surface area contributed by atoms with Crippen LogP contribution < -0.4 is 10.2 Å². The number of amides is 1. The Kier molecular flexibility index (Phi) is 4.90. The summed E-state index contributed by atoms with van der Waals surface area (Å²) in [6.07, 6.45) is 1.61. The minimum Gasteiger partial charge on any atom is -0.484 e. The molecular formula is C15H16N2O2S. The largest absolute Gasteiger partial charge is 0.484 e. The van der Waals surface area contributed by atoms with Crippen molar-refractivity contribution in [2.45, 2.75) is 13.8 Å². The van der Waals surface area contributed by atoms with Crippen molar-refractivity contribution in [2.24, 2.45) is 5.10 Å². The van der Waals surface area contributed by atoms with Crippen molar-refractivity contribution >= 4 is 23.5 Å². The molecule has 1 heterocycles. The Morgan fingerprint density at radius 1 is 1.35 bits per heavy atom. The molecule has 1 N–H and O–H groups in total. The minimum atomic E-state index is -0.281. The molecule has 1 amide bonds. The lowest BCUT2D eigenvalue weighted by Gasteiger charge is -2.07. The van der Waals surface area contributed by atoms with Gasteiger partial charge in [-0.15, -0.1) is 11.3 Å². The van der Waals surface area contributed by atoms with Crippen LogP contribution in [0.25, 0.3) is 0 Å². The lowest BCUT2D eigenvalue weighted by molar-refractivity contribution is -0.123. The number of hydrogen-bond acceptors (Lipinski definition) is 4. The molecule has 0 unspecified atom stereocenters. The van der Waals surface area contributed by atoms with Crippen LogP contribution in [0.3, 0.4) is 0 Å². The monoisotopic (exact) mass is 288 g/mol. The number of carbonyl (C=O) groups excluding carboxylic acids is 1. The number of thiophene rings is 1. The molecule has 0 saturated carbocycles. The Bertz CT molecular complexity index is 606. The van der Waals surface area contributed by atoms with E-state index in [4.69, 9.17) is 4.74 Å². The van der Waals surface area contributed by atoms with Crippen LogP contribution in [0, 0.1) is 13.8 Å². The summed E-state index contributed by atoms with van der Waals surface area (Å²) in [6, 6.07) is 9.59. The molecule has 1 aromatic carbocycles. The molecule has 4 nitrogen and oxygen atoms in total. The molecule has 0 aliphatic heterocycles. The zero-order valence-corrected chi connectivity index (χ0v) is 12.2. The highest BCUT2D eigenvalue weighted by molar-refractivity contribution is 7.11. The third-order valence-electron chi connectivity index (χ3n) is 2.77. The van der Waals surface area contributed by atoms with Gasteiger partial charge in [-0.1, -0.05) is 12.1 Å². The maximum Gasteiger partial charge on any atom is 0.277 e. The number of hydrazone groups is 1. The number of benzene rings is 1. The first-order valence-corrected chi connectivity index (χ1v) is 7.08. The van der Waals surface area contributed by atoms with E-state index in [0.29, 0.717) is 5.75 Å². The second-order valence-electron chi connectivity index (χ2n) is 4.34. The molecule has 0 saturated heterocycles. The molecule has 20 heavy (non-hydrogen) atoms. The first-order chi connectivity index (χ1) is 9.65. The van der Waals surface area contributed by atoms with Gasteiger partial charge < -0.3 is 4.74 Å². The molecule has 104 valence electrons. The van der Waals surface area contributed by atoms with Gasteiger partial charge in [0.15, 0.2) is 6.61 Å². The molecule has 0 aliphatic rings. The summed E-state index contributed by atoms with van der Waals surface area (Å²) in [6.45, 7) is 3.99. The molecule has 5 heteroatoms. The van der Waals surface area contributed by atoms with Crippen LogP contribution in [0.2, 0.25) is 0 Å². The van der Waals surface area contributed by atoms with E-state index in [1.165, 1.54) is 5.56 Å². The summed E-state index contributed by atoms with van der Waals surface area (Å²) < 4.78 is 5.41. The zero-order valence-electron chi connectivity index (χ0n) is 11.4. The van der Waals surface area contributed by atoms with Crippen LogP contribution in [0.4, 0.5) is 0 Å². The molecule has 2 aromatic rings. The number of rotatable bonds is 5. The van der Waals surface area contributed by atoms with Gasteiger partial charge >= 0.3 is 0 Å². The Morgan fingerprint density at radius 3 is 2.90 bits per heavy atom. The topological polar surface area (TPSA) is 50.7 Å². The van der Waals surface area contributed by atoms with Gasteiger partial charge in [-0.25, -0.2) is 5.43 Å². The summed E-state index contributed by atoms with van der Waals surface area (Å²) in [4.78, 5) is 12.5. The first-order valence-electron chi connectivity index (χ1n) is 6.20. The van der Waals surface area contributed by atoms with Gasteiger partial charge in [0.1, 0.15) is 5.75 Å². The molecule has 1 aromatic heterocycles. The molecule has 2 rings (SSSR count). The van der Waals surface area contributed by atoms with Crippen molar-refractivity contribution in [3.8, 4) is 5.75 Å². The van der Waals surface area contributed by atoms with E-state index in [1.807, 2.05) is 49.6 Å². The van der Waals surface area contributed by atoms with Crippen molar-refractivity contribution in [2.75, 3.05) is 6.61 Å². The number of nitrogens with zero attached hydrogens (tertiary/aromatic N) is 1. The lowest BCUT2D eigenvalue weighted by atomic mass is 10.1. The highest BCUT2D eigenvalue weighted by atomic mass is 32.1. The number of ether oxygens (including phenoxy) is 1. The number of carbonyl (C=O) groups is 1. The molecule has 0 atom stereocenters. The van der Waals surface area contributed by atoms with Crippen molar-refractivity contribution in [1.29, 1.82) is 0 Å². The van der Waals surface area contributed by atoms with Crippen LogP contribution in [-0.4, -0.2) is 18.7 Å². The van der Waals surface area contributed by atoms with E-state index in [2.05, 4.69) is 10.5 Å². The van der Waals surface area contributed by atoms with Gasteiger partial charge in [-0.05, 0) is 48.6 Å². The molecule has 0 bridgehead atoms. The van der Waals surface area contributed by atoms with Crippen LogP contribution >= 0.6 is 11.3 Å². The third-order valence-corrected chi connectivity index (χ3v) is 3.58. The van der Waals surface area contributed by atoms with E-state index >= 15 is 0 Å². The van der Waals surface area contributed by atoms with Gasteiger partial charge in [-0.2, -0.15) is 5.10 Å². The summed E-state index contributed by atoms with van der Waals surface area (Å²) in [5.41, 5.74) is 4.76. The van der Waals surface area contributed by atoms with E-state index in [1.54, 1.807) is 17.6 Å². The highest BCUT2D eigenvalue weighted by Gasteiger charge is 2.02. The van der Waals surface area contributed by atoms with E-state index in [-0.39, 0.29) is 12.5 Å². The fourth-order valence-electron chi connectivity index (χ4n) is 1.52. The summed E-state index contributed by atoms with van der Waals surface area (Å²) in [5, 5.41) is 5.81. The maximum absolute atomic E-state index is 11.6. The number of hydrogen-bond donors (Lipinski definition) is 1. The molecule has 0 radical (unpaired) electrons. The minimum absolute atomic E-state index is 0.0513. The Morgan fingerprint density at radius 2 is 2.20 bits per heavy atom. The number of nitrogens with one attached hydrogen (secondary N) is 1. The van der Waals surface area contributed by atoms with Gasteiger partial charge in [0.25, 0.3) is 5.91 Å². The Hall–Kier alpha value is -2.14. The van der Waals surface area contributed by atoms with Gasteiger partial charge in [0, 0.05) is 4.88 Å². The van der Waals surface area contributed by atoms with Crippen molar-refractivity contribution < 1.29 is 9.53 Å². The summed E-state index contributed by atoms with van der Waals surface area (Å²) >= 11 is 1.56. The SMILES string of the molecule is Cc1ccc(OCC(=O)N/N=C/c2cccs2)cc1C. The normalized spacial score (nSPS) is 10.7. The quantitative estimate of drug-likeness (QED) is 0.679. The molecule has 0 spiro atoms. The molecular weight excluding hydrogens is 272 g/mol. The van der Waals surface area contributed by atoms with Gasteiger partial charge in [-0.3, -0.25) is 4.79 Å². The predicted octanol–water partition coefficient (Wildman–Crippen LogP) is 2.89. The van der Waals surface area contributed by atoms with Crippen molar-refractivity contribution in [1.82, 2.24) is 5.43 Å². The zero-order chi connectivity index (χ0) is 14.4. The third kappa shape index (κ3) is 4.20. The van der Waals surface area contributed by atoms with Crippen LogP contribution in [0.15, 0.2) is 40.8 Å². The fourth-order valence-corrected chi connectivity index (χ4v) is 2.10. The van der Waals surface area contributed by atoms with Gasteiger partial charge in [0.2, 0.25) is 0 Å². The van der Waals surface area contributed by atoms with Crippen LogP contribution in [0.5, 0.6) is 5.75 Å². The smallest absolute Gasteiger partial charge is 0.277 e. The van der Waals surface area contributed by atoms with E-state index in [0.717, 1.165) is 10.4 Å². The van der Waals surface area contributed by atoms with Gasteiger partial charge in [0.05, 0.1) is 6.21 Å². The van der Waals surface area contributed by atoms with Crippen LogP contribution in [0.1, 0.15) is 16.0 Å². The predicted molar refractivity (Wildman–Crippen MR) is 81.5 cm³/mol. The molecule has 0 fully saturated rings. The van der Waals surface area contributed by atoms with Crippen molar-refractivity contribution in [3.63, 3.8) is 0 Å². The lowest BCUT2D eigenvalue weighted by Crippen LogP contribution is -2.24. The average Bonchev–Trinajstić information content (AvgIpc) is 2.93. The summed E-state index contributed by atoms with van der Waals surface area (Å²) in [5.74, 6) is 0.404. The van der Waals surface area contributed by atoms with Crippen molar-refractivity contribution in [3.05, 3.63) is 51.7 Å². The maximum atomic E-state index is 11.6. The summed E-state index contributed by atoms with van der Waals surface area (Å²) in [7, 11) is 0. The second kappa shape index (κ2) is 6.86.